The van der Waals surface area contributed by atoms with Crippen LogP contribution in [0.2, 0.25) is 0 Å². The number of aromatic nitrogens is 2. The van der Waals surface area contributed by atoms with E-state index in [4.69, 9.17) is 4.74 Å². The van der Waals surface area contributed by atoms with Gasteiger partial charge in [-0.25, -0.2) is 0 Å². The van der Waals surface area contributed by atoms with Crippen molar-refractivity contribution >= 4 is 33.4 Å². The Balaban J connectivity index is 1.55. The van der Waals surface area contributed by atoms with E-state index in [0.717, 1.165) is 43.9 Å². The highest BCUT2D eigenvalue weighted by atomic mass is 32.1. The van der Waals surface area contributed by atoms with Crippen LogP contribution in [0.1, 0.15) is 32.1 Å². The maximum Gasteiger partial charge on any atom is 0.228 e. The fourth-order valence-electron chi connectivity index (χ4n) is 3.23. The molecule has 138 valence electrons. The molecule has 25 heavy (non-hydrogen) atoms. The minimum absolute atomic E-state index is 0.0305. The maximum absolute atomic E-state index is 12.3. The SMILES string of the molecule is COCCCNC(=O)C1CCCN(c2nnc(N3CCCC3=O)s2)C1. The Morgan fingerprint density at radius 1 is 1.32 bits per heavy atom. The smallest absolute Gasteiger partial charge is 0.228 e. The number of carbonyl (C=O) groups is 2. The molecule has 2 fully saturated rings. The van der Waals surface area contributed by atoms with E-state index in [1.807, 2.05) is 0 Å². The van der Waals surface area contributed by atoms with Gasteiger partial charge in [0, 0.05) is 46.3 Å². The van der Waals surface area contributed by atoms with Crippen molar-refractivity contribution in [1.82, 2.24) is 15.5 Å². The number of ether oxygens (including phenoxy) is 1. The van der Waals surface area contributed by atoms with Gasteiger partial charge in [0.1, 0.15) is 0 Å². The van der Waals surface area contributed by atoms with Gasteiger partial charge in [-0.15, -0.1) is 10.2 Å². The monoisotopic (exact) mass is 367 g/mol. The number of methoxy groups -OCH3 is 1. The average Bonchev–Trinajstić information content (AvgIpc) is 3.27. The quantitative estimate of drug-likeness (QED) is 0.725. The van der Waals surface area contributed by atoms with Crippen LogP contribution < -0.4 is 15.1 Å². The van der Waals surface area contributed by atoms with Crippen LogP contribution >= 0.6 is 11.3 Å². The van der Waals surface area contributed by atoms with Crippen LogP contribution in [0.15, 0.2) is 0 Å². The van der Waals surface area contributed by atoms with E-state index in [0.29, 0.717) is 31.2 Å². The first-order valence-electron chi connectivity index (χ1n) is 8.84. The first kappa shape index (κ1) is 18.1. The zero-order valence-electron chi connectivity index (χ0n) is 14.6. The van der Waals surface area contributed by atoms with Crippen molar-refractivity contribution in [3.63, 3.8) is 0 Å². The Bertz CT molecular complexity index is 608. The van der Waals surface area contributed by atoms with E-state index in [2.05, 4.69) is 20.4 Å². The van der Waals surface area contributed by atoms with Gasteiger partial charge in [0.25, 0.3) is 0 Å². The number of nitrogens with one attached hydrogen (secondary N) is 1. The molecular weight excluding hydrogens is 342 g/mol. The van der Waals surface area contributed by atoms with E-state index in [1.54, 1.807) is 12.0 Å². The molecule has 0 aliphatic carbocycles. The second-order valence-corrected chi connectivity index (χ2v) is 7.37. The number of nitrogens with zero attached hydrogens (tertiary/aromatic N) is 4. The van der Waals surface area contributed by atoms with Gasteiger partial charge in [-0.05, 0) is 25.7 Å². The highest BCUT2D eigenvalue weighted by Crippen LogP contribution is 2.32. The molecule has 9 heteroatoms. The summed E-state index contributed by atoms with van der Waals surface area (Å²) < 4.78 is 4.99. The molecule has 2 amide bonds. The van der Waals surface area contributed by atoms with E-state index in [9.17, 15) is 9.59 Å². The number of rotatable bonds is 7. The largest absolute Gasteiger partial charge is 0.385 e. The van der Waals surface area contributed by atoms with E-state index >= 15 is 0 Å². The normalized spacial score (nSPS) is 21.0. The first-order valence-corrected chi connectivity index (χ1v) is 9.66. The second-order valence-electron chi connectivity index (χ2n) is 6.44. The molecule has 8 nitrogen and oxygen atoms in total. The summed E-state index contributed by atoms with van der Waals surface area (Å²) >= 11 is 1.44. The summed E-state index contributed by atoms with van der Waals surface area (Å²) in [4.78, 5) is 28.0. The lowest BCUT2D eigenvalue weighted by Gasteiger charge is -2.31. The number of carbonyl (C=O) groups excluding carboxylic acids is 2. The van der Waals surface area contributed by atoms with Gasteiger partial charge < -0.3 is 15.0 Å². The number of hydrogen-bond donors (Lipinski definition) is 1. The van der Waals surface area contributed by atoms with Gasteiger partial charge in [-0.2, -0.15) is 0 Å². The predicted molar refractivity (Wildman–Crippen MR) is 95.9 cm³/mol. The van der Waals surface area contributed by atoms with Crippen LogP contribution in [-0.4, -0.2) is 61.9 Å². The summed E-state index contributed by atoms with van der Waals surface area (Å²) in [7, 11) is 1.66. The van der Waals surface area contributed by atoms with Crippen LogP contribution in [0.4, 0.5) is 10.3 Å². The second kappa shape index (κ2) is 8.57. The molecule has 0 aromatic carbocycles. The Morgan fingerprint density at radius 2 is 2.16 bits per heavy atom. The van der Waals surface area contributed by atoms with E-state index in [1.165, 1.54) is 11.3 Å². The molecule has 1 aromatic heterocycles. The molecule has 1 atom stereocenters. The molecule has 1 unspecified atom stereocenters. The van der Waals surface area contributed by atoms with Crippen LogP contribution in [0.25, 0.3) is 0 Å². The molecule has 0 radical (unpaired) electrons. The molecule has 0 saturated carbocycles. The summed E-state index contributed by atoms with van der Waals surface area (Å²) in [5.74, 6) is 0.187. The molecule has 1 aromatic rings. The zero-order chi connectivity index (χ0) is 17.6. The summed E-state index contributed by atoms with van der Waals surface area (Å²) in [6.07, 6.45) is 4.13. The van der Waals surface area contributed by atoms with Crippen molar-refractivity contribution in [1.29, 1.82) is 0 Å². The topological polar surface area (TPSA) is 87.7 Å². The summed E-state index contributed by atoms with van der Waals surface area (Å²) in [6, 6.07) is 0. The molecule has 0 bridgehead atoms. The molecule has 0 spiro atoms. The first-order chi connectivity index (χ1) is 12.2. The lowest BCUT2D eigenvalue weighted by Crippen LogP contribution is -2.43. The molecular formula is C16H25N5O3S. The van der Waals surface area contributed by atoms with Crippen molar-refractivity contribution < 1.29 is 14.3 Å². The molecule has 1 N–H and O–H groups in total. The van der Waals surface area contributed by atoms with Crippen molar-refractivity contribution in [2.75, 3.05) is 49.7 Å². The molecule has 2 aliphatic rings. The van der Waals surface area contributed by atoms with Gasteiger partial charge >= 0.3 is 0 Å². The van der Waals surface area contributed by atoms with Gasteiger partial charge in [0.05, 0.1) is 5.92 Å². The lowest BCUT2D eigenvalue weighted by atomic mass is 9.97. The minimum Gasteiger partial charge on any atom is -0.385 e. The van der Waals surface area contributed by atoms with Crippen LogP contribution in [0.3, 0.4) is 0 Å². The summed E-state index contributed by atoms with van der Waals surface area (Å²) in [6.45, 7) is 3.54. The van der Waals surface area contributed by atoms with Crippen molar-refractivity contribution in [3.05, 3.63) is 0 Å². The highest BCUT2D eigenvalue weighted by Gasteiger charge is 2.29. The number of piperidine rings is 1. The van der Waals surface area contributed by atoms with Gasteiger partial charge in [-0.1, -0.05) is 11.3 Å². The highest BCUT2D eigenvalue weighted by molar-refractivity contribution is 7.19. The Labute approximate surface area is 151 Å². The molecule has 3 rings (SSSR count). The number of anilines is 2. The molecule has 2 aliphatic heterocycles. The van der Waals surface area contributed by atoms with Crippen LogP contribution in [0.5, 0.6) is 0 Å². The maximum atomic E-state index is 12.3. The zero-order valence-corrected chi connectivity index (χ0v) is 15.4. The van der Waals surface area contributed by atoms with Crippen LogP contribution in [0, 0.1) is 5.92 Å². The van der Waals surface area contributed by atoms with Gasteiger partial charge in [-0.3, -0.25) is 14.5 Å². The lowest BCUT2D eigenvalue weighted by molar-refractivity contribution is -0.125. The van der Waals surface area contributed by atoms with Crippen LogP contribution in [-0.2, 0) is 14.3 Å². The van der Waals surface area contributed by atoms with Crippen molar-refractivity contribution in [2.24, 2.45) is 5.92 Å². The third-order valence-corrected chi connectivity index (χ3v) is 5.60. The summed E-state index contributed by atoms with van der Waals surface area (Å²) in [5, 5.41) is 12.9. The number of hydrogen-bond acceptors (Lipinski definition) is 7. The number of amides is 2. The standard InChI is InChI=1S/C16H25N5O3S/c1-24-10-4-7-17-14(23)12-5-2-8-20(11-12)15-18-19-16(25-15)21-9-3-6-13(21)22/h12H,2-11H2,1H3,(H,17,23). The Morgan fingerprint density at radius 3 is 2.92 bits per heavy atom. The fraction of sp³-hybridized carbons (Fsp3) is 0.750. The van der Waals surface area contributed by atoms with Crippen molar-refractivity contribution in [3.8, 4) is 0 Å². The predicted octanol–water partition coefficient (Wildman–Crippen LogP) is 1.03. The Kier molecular flexibility index (Phi) is 6.19. The molecule has 3 heterocycles. The Hall–Kier alpha value is -1.74. The van der Waals surface area contributed by atoms with Crippen molar-refractivity contribution in [2.45, 2.75) is 32.1 Å². The fourth-order valence-corrected chi connectivity index (χ4v) is 4.16. The van der Waals surface area contributed by atoms with Gasteiger partial charge in [0.2, 0.25) is 22.1 Å². The minimum atomic E-state index is -0.0305. The van der Waals surface area contributed by atoms with E-state index < -0.39 is 0 Å². The molecule has 2 saturated heterocycles. The van der Waals surface area contributed by atoms with Gasteiger partial charge in [0.15, 0.2) is 0 Å². The summed E-state index contributed by atoms with van der Waals surface area (Å²) in [5.41, 5.74) is 0. The third-order valence-electron chi connectivity index (χ3n) is 4.60. The third kappa shape index (κ3) is 4.46. The average molecular weight is 367 g/mol. The van der Waals surface area contributed by atoms with E-state index in [-0.39, 0.29) is 17.7 Å².